The van der Waals surface area contributed by atoms with Crippen LogP contribution >= 0.6 is 12.2 Å². The number of nitrogens with two attached hydrogens (primary N) is 1. The summed E-state index contributed by atoms with van der Waals surface area (Å²) in [5.41, 5.74) is 5.59. The molecular formula is C15H32N2O3S. The Labute approximate surface area is 135 Å². The molecule has 126 valence electrons. The molecule has 0 aromatic carbocycles. The molecule has 0 rings (SSSR count). The molecule has 0 saturated heterocycles. The van der Waals surface area contributed by atoms with E-state index >= 15 is 0 Å². The lowest BCUT2D eigenvalue weighted by atomic mass is 10.2. The molecule has 0 amide bonds. The monoisotopic (exact) mass is 320 g/mol. The lowest BCUT2D eigenvalue weighted by Gasteiger charge is -2.20. The van der Waals surface area contributed by atoms with Gasteiger partial charge in [0.05, 0.1) is 38.0 Å². The minimum Gasteiger partial charge on any atom is -0.393 e. The Morgan fingerprint density at radius 2 is 1.57 bits per heavy atom. The molecule has 5 nitrogen and oxygen atoms in total. The molecule has 0 aromatic heterocycles. The fraction of sp³-hybridized carbons (Fsp3) is 0.933. The summed E-state index contributed by atoms with van der Waals surface area (Å²) in [5, 5.41) is 0. The Bertz CT molecular complexity index is 255. The summed E-state index contributed by atoms with van der Waals surface area (Å²) in [7, 11) is 2.04. The molecule has 0 aromatic rings. The highest BCUT2D eigenvalue weighted by Crippen LogP contribution is 1.98. The first-order valence-corrected chi connectivity index (χ1v) is 8.19. The molecule has 6 heteroatoms. The second-order valence-corrected chi connectivity index (χ2v) is 5.73. The number of thiocarbonyl (C=S) groups is 1. The van der Waals surface area contributed by atoms with E-state index in [2.05, 4.69) is 11.8 Å². The van der Waals surface area contributed by atoms with E-state index < -0.39 is 0 Å². The Morgan fingerprint density at radius 3 is 2.10 bits per heavy atom. The van der Waals surface area contributed by atoms with Gasteiger partial charge >= 0.3 is 0 Å². The van der Waals surface area contributed by atoms with Gasteiger partial charge in [0.15, 0.2) is 0 Å². The fourth-order valence-corrected chi connectivity index (χ4v) is 1.73. The van der Waals surface area contributed by atoms with Gasteiger partial charge in [0.2, 0.25) is 0 Å². The maximum Gasteiger partial charge on any atom is 0.0768 e. The largest absolute Gasteiger partial charge is 0.393 e. The smallest absolute Gasteiger partial charge is 0.0768 e. The predicted octanol–water partition coefficient (Wildman–Crippen LogP) is 1.69. The lowest BCUT2D eigenvalue weighted by molar-refractivity contribution is 0.0110. The number of ether oxygens (including phenoxy) is 3. The van der Waals surface area contributed by atoms with Gasteiger partial charge in [-0.3, -0.25) is 0 Å². The zero-order valence-electron chi connectivity index (χ0n) is 13.8. The summed E-state index contributed by atoms with van der Waals surface area (Å²) in [5.74, 6) is 0.237. The SMILES string of the molecule is CCCCOCCOCCOCCN(C)CC(C)C(N)=S. The Balaban J connectivity index is 3.23. The van der Waals surface area contributed by atoms with Crippen molar-refractivity contribution in [2.75, 3.05) is 59.8 Å². The van der Waals surface area contributed by atoms with E-state index in [0.29, 0.717) is 38.0 Å². The second-order valence-electron chi connectivity index (χ2n) is 5.26. The van der Waals surface area contributed by atoms with Crippen molar-refractivity contribution < 1.29 is 14.2 Å². The lowest BCUT2D eigenvalue weighted by Crippen LogP contribution is -2.33. The third-order valence-corrected chi connectivity index (χ3v) is 3.48. The predicted molar refractivity (Wildman–Crippen MR) is 90.8 cm³/mol. The van der Waals surface area contributed by atoms with Crippen molar-refractivity contribution in [3.05, 3.63) is 0 Å². The minimum absolute atomic E-state index is 0.237. The van der Waals surface area contributed by atoms with Gasteiger partial charge < -0.3 is 24.8 Å². The summed E-state index contributed by atoms with van der Waals surface area (Å²) in [4.78, 5) is 2.74. The molecule has 0 aliphatic carbocycles. The van der Waals surface area contributed by atoms with Crippen molar-refractivity contribution in [3.63, 3.8) is 0 Å². The van der Waals surface area contributed by atoms with Crippen LogP contribution in [-0.2, 0) is 14.2 Å². The average molecular weight is 320 g/mol. The fourth-order valence-electron chi connectivity index (χ4n) is 1.66. The Kier molecular flexibility index (Phi) is 14.5. The number of unbranched alkanes of at least 4 members (excludes halogenated alkanes) is 1. The van der Waals surface area contributed by atoms with Crippen LogP contribution in [0.4, 0.5) is 0 Å². The first-order chi connectivity index (χ1) is 10.1. The van der Waals surface area contributed by atoms with Crippen LogP contribution in [-0.4, -0.2) is 69.7 Å². The van der Waals surface area contributed by atoms with Crippen LogP contribution in [0, 0.1) is 5.92 Å². The molecule has 0 bridgehead atoms. The molecule has 0 radical (unpaired) electrons. The highest BCUT2D eigenvalue weighted by molar-refractivity contribution is 7.80. The zero-order valence-corrected chi connectivity index (χ0v) is 14.6. The summed E-state index contributed by atoms with van der Waals surface area (Å²) in [6, 6.07) is 0. The van der Waals surface area contributed by atoms with Crippen molar-refractivity contribution in [2.24, 2.45) is 11.7 Å². The second kappa shape index (κ2) is 14.7. The van der Waals surface area contributed by atoms with Gasteiger partial charge in [0.1, 0.15) is 0 Å². The molecule has 0 heterocycles. The Hall–Kier alpha value is -0.270. The normalized spacial score (nSPS) is 12.8. The molecule has 0 fully saturated rings. The van der Waals surface area contributed by atoms with Crippen LogP contribution in [0.15, 0.2) is 0 Å². The number of nitrogens with zero attached hydrogens (tertiary/aromatic N) is 1. The minimum atomic E-state index is 0.237. The molecule has 2 N–H and O–H groups in total. The van der Waals surface area contributed by atoms with Gasteiger partial charge in [0.25, 0.3) is 0 Å². The summed E-state index contributed by atoms with van der Waals surface area (Å²) in [6.45, 7) is 9.98. The van der Waals surface area contributed by atoms with Crippen LogP contribution < -0.4 is 5.73 Å². The van der Waals surface area contributed by atoms with Crippen molar-refractivity contribution in [2.45, 2.75) is 26.7 Å². The summed E-state index contributed by atoms with van der Waals surface area (Å²) >= 11 is 4.96. The number of hydrogen-bond donors (Lipinski definition) is 1. The molecule has 1 unspecified atom stereocenters. The topological polar surface area (TPSA) is 57.0 Å². The van der Waals surface area contributed by atoms with Crippen molar-refractivity contribution >= 4 is 17.2 Å². The van der Waals surface area contributed by atoms with Gasteiger partial charge in [0, 0.05) is 25.6 Å². The van der Waals surface area contributed by atoms with Crippen molar-refractivity contribution in [1.82, 2.24) is 4.90 Å². The van der Waals surface area contributed by atoms with Gasteiger partial charge in [-0.15, -0.1) is 0 Å². The molecule has 0 saturated carbocycles. The number of rotatable bonds is 15. The van der Waals surface area contributed by atoms with E-state index in [1.807, 2.05) is 14.0 Å². The number of hydrogen-bond acceptors (Lipinski definition) is 5. The van der Waals surface area contributed by atoms with Gasteiger partial charge in [-0.25, -0.2) is 0 Å². The van der Waals surface area contributed by atoms with E-state index in [1.54, 1.807) is 0 Å². The summed E-state index contributed by atoms with van der Waals surface area (Å²) in [6.07, 6.45) is 2.28. The molecule has 0 aliphatic heterocycles. The zero-order chi connectivity index (χ0) is 15.9. The van der Waals surface area contributed by atoms with Crippen LogP contribution in [0.25, 0.3) is 0 Å². The average Bonchev–Trinajstić information content (AvgIpc) is 2.44. The third kappa shape index (κ3) is 14.4. The molecule has 21 heavy (non-hydrogen) atoms. The highest BCUT2D eigenvalue weighted by atomic mass is 32.1. The standard InChI is InChI=1S/C15H32N2O3S/c1-4-5-7-18-9-11-20-12-10-19-8-6-17(3)13-14(2)15(16)21/h14H,4-13H2,1-3H3,(H2,16,21). The van der Waals surface area contributed by atoms with Crippen molar-refractivity contribution in [3.8, 4) is 0 Å². The van der Waals surface area contributed by atoms with Crippen LogP contribution in [0.1, 0.15) is 26.7 Å². The molecule has 0 spiro atoms. The first kappa shape index (κ1) is 20.7. The van der Waals surface area contributed by atoms with Crippen LogP contribution in [0.5, 0.6) is 0 Å². The van der Waals surface area contributed by atoms with E-state index in [1.165, 1.54) is 6.42 Å². The van der Waals surface area contributed by atoms with Gasteiger partial charge in [-0.05, 0) is 13.5 Å². The first-order valence-electron chi connectivity index (χ1n) is 7.79. The molecular weight excluding hydrogens is 288 g/mol. The molecule has 1 atom stereocenters. The number of likely N-dealkylation sites (N-methyl/N-ethyl adjacent to an activating group) is 1. The van der Waals surface area contributed by atoms with Crippen molar-refractivity contribution in [1.29, 1.82) is 0 Å². The Morgan fingerprint density at radius 1 is 1.05 bits per heavy atom. The van der Waals surface area contributed by atoms with E-state index in [0.717, 1.165) is 26.1 Å². The van der Waals surface area contributed by atoms with E-state index in [-0.39, 0.29) is 5.92 Å². The van der Waals surface area contributed by atoms with Gasteiger partial charge in [-0.1, -0.05) is 32.5 Å². The van der Waals surface area contributed by atoms with Crippen LogP contribution in [0.3, 0.4) is 0 Å². The summed E-state index contributed by atoms with van der Waals surface area (Å²) < 4.78 is 16.3. The highest BCUT2D eigenvalue weighted by Gasteiger charge is 2.08. The third-order valence-electron chi connectivity index (χ3n) is 3.07. The maximum absolute atomic E-state index is 5.59. The van der Waals surface area contributed by atoms with E-state index in [4.69, 9.17) is 32.2 Å². The van der Waals surface area contributed by atoms with Gasteiger partial charge in [-0.2, -0.15) is 0 Å². The molecule has 0 aliphatic rings. The quantitative estimate of drug-likeness (QED) is 0.366. The van der Waals surface area contributed by atoms with Crippen LogP contribution in [0.2, 0.25) is 0 Å². The maximum atomic E-state index is 5.59. The van der Waals surface area contributed by atoms with E-state index in [9.17, 15) is 0 Å².